The van der Waals surface area contributed by atoms with E-state index in [1.165, 1.54) is 32.4 Å². The highest BCUT2D eigenvalue weighted by atomic mass is 32.1. The molecule has 2 heterocycles. The molecule has 0 saturated carbocycles. The number of nitrogens with zero attached hydrogens (tertiary/aromatic N) is 4. The van der Waals surface area contributed by atoms with E-state index in [9.17, 15) is 19.3 Å². The largest absolute Gasteiger partial charge is 0.475 e. The molecule has 0 radical (unpaired) electrons. The molecule has 0 saturated heterocycles. The van der Waals surface area contributed by atoms with Crippen LogP contribution >= 0.6 is 11.3 Å². The molecule has 9 nitrogen and oxygen atoms in total. The average Bonchev–Trinajstić information content (AvgIpc) is 3.12. The van der Waals surface area contributed by atoms with Gasteiger partial charge >= 0.3 is 11.6 Å². The number of hydrogen-bond donors (Lipinski definition) is 1. The fourth-order valence-corrected chi connectivity index (χ4v) is 2.21. The van der Waals surface area contributed by atoms with Crippen molar-refractivity contribution >= 4 is 29.1 Å². The molecule has 1 amide bonds. The maximum Gasteiger partial charge on any atom is 0.350 e. The Morgan fingerprint density at radius 2 is 2.39 bits per heavy atom. The lowest BCUT2D eigenvalue weighted by molar-refractivity contribution is -0.385. The number of thiophene rings is 1. The summed E-state index contributed by atoms with van der Waals surface area (Å²) < 4.78 is 18.7. The zero-order valence-corrected chi connectivity index (χ0v) is 12.9. The average molecular weight is 341 g/mol. The number of aromatic nitrogens is 2. The van der Waals surface area contributed by atoms with Crippen molar-refractivity contribution in [1.82, 2.24) is 15.2 Å². The molecule has 0 fully saturated rings. The Labute approximate surface area is 133 Å². The Morgan fingerprint density at radius 3 is 2.91 bits per heavy atom. The quantitative estimate of drug-likeness (QED) is 0.488. The van der Waals surface area contributed by atoms with E-state index < -0.39 is 16.9 Å². The van der Waals surface area contributed by atoms with Gasteiger partial charge in [0.1, 0.15) is 12.2 Å². The molecule has 2 rings (SSSR count). The van der Waals surface area contributed by atoms with E-state index in [2.05, 4.69) is 15.6 Å². The van der Waals surface area contributed by atoms with Crippen molar-refractivity contribution in [1.29, 1.82) is 0 Å². The standard InChI is InChI=1S/C12H12FN5O4S/c1-7(17-6-9(18(20)21)12(16-17)22-2)11(19)15-14-5-8-3-4-10(13)23-8/h3-7H,1-2H3,(H,15,19)/b14-5-/t7-/m0/s1. The molecule has 23 heavy (non-hydrogen) atoms. The first-order valence-electron chi connectivity index (χ1n) is 6.28. The molecule has 0 aliphatic carbocycles. The van der Waals surface area contributed by atoms with Crippen molar-refractivity contribution in [3.63, 3.8) is 0 Å². The SMILES string of the molecule is COc1nn([C@@H](C)C(=O)N/N=C\c2ccc(F)s2)cc1[N+](=O)[O-]. The van der Waals surface area contributed by atoms with E-state index in [4.69, 9.17) is 4.74 Å². The van der Waals surface area contributed by atoms with E-state index in [-0.39, 0.29) is 16.7 Å². The minimum atomic E-state index is -0.852. The predicted molar refractivity (Wildman–Crippen MR) is 80.2 cm³/mol. The van der Waals surface area contributed by atoms with Crippen LogP contribution in [0.25, 0.3) is 0 Å². The summed E-state index contributed by atoms with van der Waals surface area (Å²) in [4.78, 5) is 22.7. The number of ether oxygens (including phenoxy) is 1. The third kappa shape index (κ3) is 3.88. The maximum absolute atomic E-state index is 12.8. The van der Waals surface area contributed by atoms with Crippen molar-refractivity contribution < 1.29 is 18.8 Å². The van der Waals surface area contributed by atoms with Gasteiger partial charge in [-0.25, -0.2) is 10.1 Å². The number of carbonyl (C=O) groups excluding carboxylic acids is 1. The summed E-state index contributed by atoms with van der Waals surface area (Å²) in [5.41, 5.74) is 1.91. The van der Waals surface area contributed by atoms with E-state index in [1.54, 1.807) is 0 Å². The summed E-state index contributed by atoms with van der Waals surface area (Å²) in [5.74, 6) is -0.731. The predicted octanol–water partition coefficient (Wildman–Crippen LogP) is 1.71. The first-order valence-corrected chi connectivity index (χ1v) is 7.09. The summed E-state index contributed by atoms with van der Waals surface area (Å²) >= 11 is 0.879. The molecule has 11 heteroatoms. The number of nitrogens with one attached hydrogen (secondary N) is 1. The molecular weight excluding hydrogens is 329 g/mol. The van der Waals surface area contributed by atoms with E-state index >= 15 is 0 Å². The van der Waals surface area contributed by atoms with Crippen LogP contribution in [0.1, 0.15) is 17.8 Å². The Kier molecular flexibility index (Phi) is 5.01. The second-order valence-electron chi connectivity index (χ2n) is 4.31. The van der Waals surface area contributed by atoms with Crippen LogP contribution in [0.3, 0.4) is 0 Å². The number of hydrazone groups is 1. The molecule has 2 aromatic rings. The number of methoxy groups -OCH3 is 1. The number of amides is 1. The van der Waals surface area contributed by atoms with Crippen LogP contribution in [-0.2, 0) is 4.79 Å². The number of halogens is 1. The summed E-state index contributed by atoms with van der Waals surface area (Å²) in [5, 5.41) is 18.0. The first kappa shape index (κ1) is 16.5. The van der Waals surface area contributed by atoms with Crippen LogP contribution in [0.15, 0.2) is 23.4 Å². The van der Waals surface area contributed by atoms with Gasteiger partial charge in [-0.15, -0.1) is 16.4 Å². The van der Waals surface area contributed by atoms with Crippen LogP contribution in [0, 0.1) is 15.2 Å². The van der Waals surface area contributed by atoms with Gasteiger partial charge in [-0.3, -0.25) is 14.9 Å². The molecule has 0 aliphatic heterocycles. The van der Waals surface area contributed by atoms with E-state index in [0.717, 1.165) is 22.2 Å². The molecule has 0 unspecified atom stereocenters. The Balaban J connectivity index is 2.04. The molecular formula is C12H12FN5O4S. The summed E-state index contributed by atoms with van der Waals surface area (Å²) in [6.45, 7) is 1.49. The Bertz CT molecular complexity index is 756. The smallest absolute Gasteiger partial charge is 0.350 e. The van der Waals surface area contributed by atoms with Gasteiger partial charge in [0.25, 0.3) is 5.91 Å². The van der Waals surface area contributed by atoms with Gasteiger partial charge in [0.2, 0.25) is 0 Å². The van der Waals surface area contributed by atoms with Crippen LogP contribution in [0.5, 0.6) is 5.88 Å². The lowest BCUT2D eigenvalue weighted by Crippen LogP contribution is -2.27. The molecule has 2 aromatic heterocycles. The van der Waals surface area contributed by atoms with Gasteiger partial charge in [0, 0.05) is 0 Å². The van der Waals surface area contributed by atoms with Gasteiger partial charge in [-0.2, -0.15) is 9.49 Å². The normalized spacial score (nSPS) is 12.3. The molecule has 0 aliphatic rings. The highest BCUT2D eigenvalue weighted by Gasteiger charge is 2.25. The Morgan fingerprint density at radius 1 is 1.65 bits per heavy atom. The second-order valence-corrected chi connectivity index (χ2v) is 5.38. The number of carbonyl (C=O) groups is 1. The molecule has 122 valence electrons. The fraction of sp³-hybridized carbons (Fsp3) is 0.250. The van der Waals surface area contributed by atoms with Gasteiger partial charge in [-0.05, 0) is 19.1 Å². The van der Waals surface area contributed by atoms with Gasteiger partial charge in [0.15, 0.2) is 5.13 Å². The first-order chi connectivity index (χ1) is 10.9. The topological polar surface area (TPSA) is 112 Å². The summed E-state index contributed by atoms with van der Waals surface area (Å²) in [6, 6.07) is 1.95. The zero-order chi connectivity index (χ0) is 17.0. The molecule has 0 bridgehead atoms. The van der Waals surface area contributed by atoms with Crippen molar-refractivity contribution in [2.75, 3.05) is 7.11 Å². The summed E-state index contributed by atoms with van der Waals surface area (Å²) in [6.07, 6.45) is 2.39. The minimum Gasteiger partial charge on any atom is -0.475 e. The number of hydrogen-bond acceptors (Lipinski definition) is 7. The van der Waals surface area contributed by atoms with Crippen molar-refractivity contribution in [2.45, 2.75) is 13.0 Å². The third-order valence-electron chi connectivity index (χ3n) is 2.81. The van der Waals surface area contributed by atoms with Gasteiger partial charge in [0.05, 0.1) is 23.1 Å². The van der Waals surface area contributed by atoms with Crippen molar-refractivity contribution in [3.8, 4) is 5.88 Å². The van der Waals surface area contributed by atoms with Crippen LogP contribution < -0.4 is 10.2 Å². The maximum atomic E-state index is 12.8. The highest BCUT2D eigenvalue weighted by molar-refractivity contribution is 7.12. The molecule has 0 aromatic carbocycles. The summed E-state index contributed by atoms with van der Waals surface area (Å²) in [7, 11) is 1.24. The van der Waals surface area contributed by atoms with Crippen LogP contribution in [0.4, 0.5) is 10.1 Å². The lowest BCUT2D eigenvalue weighted by atomic mass is 10.3. The highest BCUT2D eigenvalue weighted by Crippen LogP contribution is 2.25. The molecule has 1 atom stereocenters. The Hall–Kier alpha value is -2.82. The monoisotopic (exact) mass is 341 g/mol. The second kappa shape index (κ2) is 6.96. The van der Waals surface area contributed by atoms with Gasteiger partial charge < -0.3 is 4.74 Å². The van der Waals surface area contributed by atoms with Crippen molar-refractivity contribution in [2.24, 2.45) is 5.10 Å². The van der Waals surface area contributed by atoms with E-state index in [1.807, 2.05) is 0 Å². The van der Waals surface area contributed by atoms with Gasteiger partial charge in [-0.1, -0.05) is 0 Å². The van der Waals surface area contributed by atoms with Crippen LogP contribution in [-0.4, -0.2) is 33.9 Å². The number of rotatable bonds is 6. The fourth-order valence-electron chi connectivity index (χ4n) is 1.61. The van der Waals surface area contributed by atoms with Crippen LogP contribution in [0.2, 0.25) is 0 Å². The van der Waals surface area contributed by atoms with E-state index in [0.29, 0.717) is 4.88 Å². The molecule has 0 spiro atoms. The molecule has 1 N–H and O–H groups in total. The lowest BCUT2D eigenvalue weighted by Gasteiger charge is -2.08. The zero-order valence-electron chi connectivity index (χ0n) is 12.1. The number of nitro groups is 1. The third-order valence-corrected chi connectivity index (χ3v) is 3.62. The minimum absolute atomic E-state index is 0.188. The van der Waals surface area contributed by atoms with Crippen molar-refractivity contribution in [3.05, 3.63) is 38.5 Å².